The average molecular weight is 194 g/mol. The van der Waals surface area contributed by atoms with Crippen LogP contribution >= 0.6 is 0 Å². The molecule has 0 saturated heterocycles. The van der Waals surface area contributed by atoms with Crippen LogP contribution in [0.4, 0.5) is 0 Å². The minimum atomic E-state index is -0.136. The summed E-state index contributed by atoms with van der Waals surface area (Å²) in [6.45, 7) is 3.58. The van der Waals surface area contributed by atoms with Crippen molar-refractivity contribution in [3.8, 4) is 0 Å². The molecule has 0 aliphatic rings. The lowest BCUT2D eigenvalue weighted by molar-refractivity contribution is -0.113. The van der Waals surface area contributed by atoms with Gasteiger partial charge < -0.3 is 0 Å². The van der Waals surface area contributed by atoms with Crippen molar-refractivity contribution in [2.24, 2.45) is 7.05 Å². The van der Waals surface area contributed by atoms with Crippen molar-refractivity contribution in [1.82, 2.24) is 9.78 Å². The molecular weight excluding hydrogens is 180 g/mol. The maximum atomic E-state index is 11.5. The molecule has 4 heteroatoms. The largest absolute Gasteiger partial charge is 0.295 e. The summed E-state index contributed by atoms with van der Waals surface area (Å²) < 4.78 is 1.35. The molecule has 0 bridgehead atoms. The maximum Gasteiger partial charge on any atom is 0.266 e. The van der Waals surface area contributed by atoms with Gasteiger partial charge in [-0.25, -0.2) is 0 Å². The first-order valence-corrected chi connectivity index (χ1v) is 4.56. The van der Waals surface area contributed by atoms with Crippen LogP contribution in [0, 0.1) is 0 Å². The van der Waals surface area contributed by atoms with E-state index in [1.54, 1.807) is 27.0 Å². The molecule has 0 radical (unpaired) electrons. The zero-order valence-electron chi connectivity index (χ0n) is 8.63. The van der Waals surface area contributed by atoms with Gasteiger partial charge in [-0.2, -0.15) is 0 Å². The SMILES string of the molecule is C/C=C(\C(=O)CC)c1cc(=O)n(C)[nH]1. The number of hydrogen-bond acceptors (Lipinski definition) is 2. The molecule has 0 saturated carbocycles. The number of aryl methyl sites for hydroxylation is 1. The highest BCUT2D eigenvalue weighted by Gasteiger charge is 2.11. The summed E-state index contributed by atoms with van der Waals surface area (Å²) in [4.78, 5) is 22.6. The molecule has 1 heterocycles. The fourth-order valence-corrected chi connectivity index (χ4v) is 1.28. The fourth-order valence-electron chi connectivity index (χ4n) is 1.28. The van der Waals surface area contributed by atoms with Gasteiger partial charge in [0.1, 0.15) is 0 Å². The molecule has 4 nitrogen and oxygen atoms in total. The number of carbonyl (C=O) groups is 1. The monoisotopic (exact) mass is 194 g/mol. The van der Waals surface area contributed by atoms with E-state index in [2.05, 4.69) is 5.10 Å². The zero-order chi connectivity index (χ0) is 10.7. The Balaban J connectivity index is 3.15. The molecule has 0 fully saturated rings. The highest BCUT2D eigenvalue weighted by atomic mass is 16.1. The van der Waals surface area contributed by atoms with E-state index >= 15 is 0 Å². The van der Waals surface area contributed by atoms with Gasteiger partial charge in [-0.05, 0) is 6.92 Å². The first-order valence-electron chi connectivity index (χ1n) is 4.56. The quantitative estimate of drug-likeness (QED) is 0.732. The third kappa shape index (κ3) is 1.84. The Bertz CT molecular complexity index is 424. The number of nitrogens with zero attached hydrogens (tertiary/aromatic N) is 1. The number of allylic oxidation sites excluding steroid dienone is 2. The zero-order valence-corrected chi connectivity index (χ0v) is 8.63. The van der Waals surface area contributed by atoms with E-state index in [-0.39, 0.29) is 11.3 Å². The lowest BCUT2D eigenvalue weighted by Gasteiger charge is -2.00. The second kappa shape index (κ2) is 4.09. The number of carbonyl (C=O) groups excluding carboxylic acids is 1. The lowest BCUT2D eigenvalue weighted by Crippen LogP contribution is -2.09. The molecule has 0 atom stereocenters. The van der Waals surface area contributed by atoms with Crippen molar-refractivity contribution in [1.29, 1.82) is 0 Å². The Labute approximate surface area is 82.2 Å². The molecule has 1 aromatic rings. The van der Waals surface area contributed by atoms with E-state index in [0.717, 1.165) is 0 Å². The van der Waals surface area contributed by atoms with Crippen LogP contribution in [0.5, 0.6) is 0 Å². The third-order valence-corrected chi connectivity index (χ3v) is 2.09. The van der Waals surface area contributed by atoms with Crippen molar-refractivity contribution in [3.63, 3.8) is 0 Å². The van der Waals surface area contributed by atoms with Crippen molar-refractivity contribution in [2.45, 2.75) is 20.3 Å². The second-order valence-corrected chi connectivity index (χ2v) is 3.05. The van der Waals surface area contributed by atoms with Crippen molar-refractivity contribution in [2.75, 3.05) is 0 Å². The van der Waals surface area contributed by atoms with E-state index in [0.29, 0.717) is 17.7 Å². The molecule has 0 spiro atoms. The molecule has 0 unspecified atom stereocenters. The molecular formula is C10H14N2O2. The molecule has 0 aliphatic heterocycles. The highest BCUT2D eigenvalue weighted by Crippen LogP contribution is 2.12. The molecule has 1 aromatic heterocycles. The summed E-state index contributed by atoms with van der Waals surface area (Å²) in [5.41, 5.74) is 1.03. The van der Waals surface area contributed by atoms with Gasteiger partial charge in [0.2, 0.25) is 0 Å². The van der Waals surface area contributed by atoms with Gasteiger partial charge in [-0.15, -0.1) is 0 Å². The van der Waals surface area contributed by atoms with Gasteiger partial charge in [0.25, 0.3) is 5.56 Å². The lowest BCUT2D eigenvalue weighted by atomic mass is 10.1. The minimum Gasteiger partial charge on any atom is -0.295 e. The number of Topliss-reactive ketones (excluding diaryl/α,β-unsaturated/α-hetero) is 1. The minimum absolute atomic E-state index is 0.0364. The van der Waals surface area contributed by atoms with Crippen LogP contribution in [0.2, 0.25) is 0 Å². The Morgan fingerprint density at radius 3 is 2.64 bits per heavy atom. The van der Waals surface area contributed by atoms with Crippen LogP contribution < -0.4 is 5.56 Å². The Morgan fingerprint density at radius 1 is 1.64 bits per heavy atom. The van der Waals surface area contributed by atoms with Gasteiger partial charge in [-0.3, -0.25) is 19.4 Å². The van der Waals surface area contributed by atoms with Crippen LogP contribution in [0.3, 0.4) is 0 Å². The van der Waals surface area contributed by atoms with E-state index in [1.165, 1.54) is 10.7 Å². The van der Waals surface area contributed by atoms with Crippen LogP contribution in [0.15, 0.2) is 16.9 Å². The number of nitrogens with one attached hydrogen (secondary N) is 1. The van der Waals surface area contributed by atoms with Crippen LogP contribution in [0.1, 0.15) is 26.0 Å². The smallest absolute Gasteiger partial charge is 0.266 e. The summed E-state index contributed by atoms with van der Waals surface area (Å²) in [5.74, 6) is 0.0364. The van der Waals surface area contributed by atoms with Crippen molar-refractivity contribution in [3.05, 3.63) is 28.2 Å². The Morgan fingerprint density at radius 2 is 2.29 bits per heavy atom. The number of aromatic amines is 1. The summed E-state index contributed by atoms with van der Waals surface area (Å²) in [7, 11) is 1.62. The Kier molecular flexibility index (Phi) is 3.06. The Hall–Kier alpha value is -1.58. The first kappa shape index (κ1) is 10.5. The van der Waals surface area contributed by atoms with Crippen LogP contribution in [-0.4, -0.2) is 15.6 Å². The van der Waals surface area contributed by atoms with Gasteiger partial charge in [0, 0.05) is 25.1 Å². The maximum absolute atomic E-state index is 11.5. The number of aromatic nitrogens is 2. The predicted molar refractivity (Wildman–Crippen MR) is 55.0 cm³/mol. The van der Waals surface area contributed by atoms with Gasteiger partial charge >= 0.3 is 0 Å². The van der Waals surface area contributed by atoms with Crippen molar-refractivity contribution < 1.29 is 4.79 Å². The first-order chi connectivity index (χ1) is 6.60. The molecule has 0 amide bonds. The molecule has 1 rings (SSSR count). The summed E-state index contributed by atoms with van der Waals surface area (Å²) in [6.07, 6.45) is 2.16. The summed E-state index contributed by atoms with van der Waals surface area (Å²) in [5, 5.41) is 2.83. The van der Waals surface area contributed by atoms with Gasteiger partial charge in [-0.1, -0.05) is 13.0 Å². The second-order valence-electron chi connectivity index (χ2n) is 3.05. The summed E-state index contributed by atoms with van der Waals surface area (Å²) >= 11 is 0. The average Bonchev–Trinajstić information content (AvgIpc) is 2.48. The number of ketones is 1. The van der Waals surface area contributed by atoms with E-state index in [1.807, 2.05) is 0 Å². The molecule has 1 N–H and O–H groups in total. The van der Waals surface area contributed by atoms with Gasteiger partial charge in [0.05, 0.1) is 5.69 Å². The van der Waals surface area contributed by atoms with E-state index in [9.17, 15) is 9.59 Å². The van der Waals surface area contributed by atoms with Gasteiger partial charge in [0.15, 0.2) is 5.78 Å². The third-order valence-electron chi connectivity index (χ3n) is 2.09. The standard InChI is InChI=1S/C10H14N2O2/c1-4-7(9(13)5-2)8-6-10(14)12(3)11-8/h4,6,11H,5H2,1-3H3/b7-4-. The molecule has 76 valence electrons. The molecule has 0 aromatic carbocycles. The molecule has 14 heavy (non-hydrogen) atoms. The normalized spacial score (nSPS) is 11.8. The number of rotatable bonds is 3. The number of hydrogen-bond donors (Lipinski definition) is 1. The predicted octanol–water partition coefficient (Wildman–Crippen LogP) is 1.10. The van der Waals surface area contributed by atoms with E-state index in [4.69, 9.17) is 0 Å². The molecule has 0 aliphatic carbocycles. The van der Waals surface area contributed by atoms with Crippen LogP contribution in [0.25, 0.3) is 5.57 Å². The highest BCUT2D eigenvalue weighted by molar-refractivity contribution is 6.19. The fraction of sp³-hybridized carbons (Fsp3) is 0.400. The topological polar surface area (TPSA) is 54.9 Å². The number of H-pyrrole nitrogens is 1. The summed E-state index contributed by atoms with van der Waals surface area (Å²) in [6, 6.07) is 1.43. The van der Waals surface area contributed by atoms with E-state index < -0.39 is 0 Å². The van der Waals surface area contributed by atoms with Crippen molar-refractivity contribution >= 4 is 11.4 Å². The van der Waals surface area contributed by atoms with Crippen LogP contribution in [-0.2, 0) is 11.8 Å².